The lowest BCUT2D eigenvalue weighted by molar-refractivity contribution is 0.00578. The number of sulfonamides is 1. The minimum Gasteiger partial charge on any atom is -0.496 e. The zero-order valence-electron chi connectivity index (χ0n) is 27.1. The first-order valence-corrected chi connectivity index (χ1v) is 17.1. The number of methoxy groups -OCH3 is 1. The third kappa shape index (κ3) is 5.78. The van der Waals surface area contributed by atoms with Crippen molar-refractivity contribution in [2.45, 2.75) is 64.2 Å². The molecule has 12 heteroatoms. The van der Waals surface area contributed by atoms with E-state index < -0.39 is 34.2 Å². The van der Waals surface area contributed by atoms with Crippen molar-refractivity contribution in [3.63, 3.8) is 0 Å². The van der Waals surface area contributed by atoms with Gasteiger partial charge in [-0.2, -0.15) is 0 Å². The van der Waals surface area contributed by atoms with Gasteiger partial charge in [0.15, 0.2) is 0 Å². The number of furan rings is 1. The van der Waals surface area contributed by atoms with Crippen LogP contribution in [-0.2, 0) is 25.9 Å². The number of ether oxygens (including phenoxy) is 1. The van der Waals surface area contributed by atoms with E-state index in [4.69, 9.17) is 18.5 Å². The molecular weight excluding hydrogens is 610 g/mol. The number of hydrogen-bond acceptors (Lipinski definition) is 7. The summed E-state index contributed by atoms with van der Waals surface area (Å²) >= 11 is 0. The highest BCUT2D eigenvalue weighted by molar-refractivity contribution is 7.92. The SMILES string of the molecule is CNC(=O)c1c(-c2ccc(F)cc2)oc2cc(N(Cc3ccc(B4OC(C)(C)C(C)(C)O4)cc3OC)S(C)(=O)=O)c(C3CC3)cc12. The topological polar surface area (TPSA) is 107 Å². The van der Waals surface area contributed by atoms with E-state index in [0.717, 1.165) is 23.9 Å². The van der Waals surface area contributed by atoms with Gasteiger partial charge in [0.1, 0.15) is 22.9 Å². The number of hydrogen-bond donors (Lipinski definition) is 1. The van der Waals surface area contributed by atoms with E-state index in [2.05, 4.69) is 5.32 Å². The van der Waals surface area contributed by atoms with Crippen LogP contribution in [0.2, 0.25) is 0 Å². The molecule has 1 saturated heterocycles. The second-order valence-electron chi connectivity index (χ2n) is 13.0. The lowest BCUT2D eigenvalue weighted by atomic mass is 9.78. The third-order valence-corrected chi connectivity index (χ3v) is 10.4. The standard InChI is InChI=1S/C34H38BFN2O7S/c1-33(2)34(3,4)45-35(44-33)23-13-10-22(28(16-23)42-6)19-38(46(7,40)41)27-18-29-26(17-25(27)20-8-9-20)30(32(39)37-5)31(43-29)21-11-14-24(36)15-12-21/h10-18,20H,8-9,19H2,1-7H3,(H,37,39). The molecular formula is C34H38BFN2O7S. The summed E-state index contributed by atoms with van der Waals surface area (Å²) < 4.78 is 66.5. The molecule has 1 aliphatic heterocycles. The van der Waals surface area contributed by atoms with Crippen LogP contribution in [0, 0.1) is 5.82 Å². The summed E-state index contributed by atoms with van der Waals surface area (Å²) in [7, 11) is -1.34. The summed E-state index contributed by atoms with van der Waals surface area (Å²) in [5.41, 5.74) is 2.82. The van der Waals surface area contributed by atoms with Gasteiger partial charge in [0.25, 0.3) is 5.91 Å². The van der Waals surface area contributed by atoms with Gasteiger partial charge in [-0.05, 0) is 93.9 Å². The van der Waals surface area contributed by atoms with Crippen molar-refractivity contribution < 1.29 is 36.1 Å². The summed E-state index contributed by atoms with van der Waals surface area (Å²) in [4.78, 5) is 13.1. The maximum Gasteiger partial charge on any atom is 0.494 e. The van der Waals surface area contributed by atoms with Crippen LogP contribution in [0.25, 0.3) is 22.3 Å². The summed E-state index contributed by atoms with van der Waals surface area (Å²) in [6.07, 6.45) is 2.95. The Morgan fingerprint density at radius 1 is 1.04 bits per heavy atom. The van der Waals surface area contributed by atoms with Crippen molar-refractivity contribution in [3.8, 4) is 17.1 Å². The summed E-state index contributed by atoms with van der Waals surface area (Å²) in [6, 6.07) is 14.8. The highest BCUT2D eigenvalue weighted by Crippen LogP contribution is 2.48. The molecule has 0 unspecified atom stereocenters. The predicted octanol–water partition coefficient (Wildman–Crippen LogP) is 5.75. The molecule has 1 amide bonds. The van der Waals surface area contributed by atoms with Gasteiger partial charge in [0.2, 0.25) is 10.0 Å². The van der Waals surface area contributed by atoms with Gasteiger partial charge in [-0.3, -0.25) is 9.10 Å². The monoisotopic (exact) mass is 648 g/mol. The van der Waals surface area contributed by atoms with Crippen molar-refractivity contribution in [1.82, 2.24) is 5.32 Å². The van der Waals surface area contributed by atoms with Crippen LogP contribution in [-0.4, -0.2) is 53.1 Å². The Balaban J connectivity index is 1.44. The maximum absolute atomic E-state index is 13.7. The number of nitrogens with zero attached hydrogens (tertiary/aromatic N) is 1. The molecule has 1 N–H and O–H groups in total. The number of halogens is 1. The Morgan fingerprint density at radius 2 is 1.70 bits per heavy atom. The molecule has 4 aromatic rings. The zero-order chi connectivity index (χ0) is 33.2. The molecule has 2 fully saturated rings. The van der Waals surface area contributed by atoms with E-state index >= 15 is 0 Å². The smallest absolute Gasteiger partial charge is 0.494 e. The predicted molar refractivity (Wildman–Crippen MR) is 177 cm³/mol. The first-order chi connectivity index (χ1) is 21.6. The average Bonchev–Trinajstić information content (AvgIpc) is 3.73. The molecule has 2 heterocycles. The number of fused-ring (bicyclic) bond motifs is 1. The molecule has 1 saturated carbocycles. The van der Waals surface area contributed by atoms with Crippen LogP contribution in [0.1, 0.15) is 67.9 Å². The van der Waals surface area contributed by atoms with Crippen LogP contribution < -0.4 is 19.8 Å². The summed E-state index contributed by atoms with van der Waals surface area (Å²) in [5.74, 6) is 0.118. The van der Waals surface area contributed by atoms with E-state index in [9.17, 15) is 17.6 Å². The highest BCUT2D eigenvalue weighted by atomic mass is 32.2. The van der Waals surface area contributed by atoms with Gasteiger partial charge in [-0.25, -0.2) is 12.8 Å². The van der Waals surface area contributed by atoms with E-state index in [1.54, 1.807) is 25.3 Å². The second-order valence-corrected chi connectivity index (χ2v) is 14.9. The lowest BCUT2D eigenvalue weighted by Crippen LogP contribution is -2.41. The molecule has 2 aliphatic rings. The number of carbonyl (C=O) groups excluding carboxylic acids is 1. The Kier molecular flexibility index (Phi) is 7.97. The van der Waals surface area contributed by atoms with Gasteiger partial charge in [-0.1, -0.05) is 12.1 Å². The molecule has 6 rings (SSSR count). The number of anilines is 1. The fourth-order valence-electron chi connectivity index (χ4n) is 5.79. The Labute approximate surface area is 269 Å². The number of amides is 1. The normalized spacial score (nSPS) is 17.3. The van der Waals surface area contributed by atoms with Gasteiger partial charge in [-0.15, -0.1) is 0 Å². The van der Waals surface area contributed by atoms with Gasteiger partial charge >= 0.3 is 7.12 Å². The van der Waals surface area contributed by atoms with Gasteiger partial charge < -0.3 is 23.8 Å². The molecule has 0 radical (unpaired) electrons. The average molecular weight is 649 g/mol. The minimum absolute atomic E-state index is 0.00921. The van der Waals surface area contributed by atoms with Crippen LogP contribution in [0.3, 0.4) is 0 Å². The quantitative estimate of drug-likeness (QED) is 0.231. The highest BCUT2D eigenvalue weighted by Gasteiger charge is 2.51. The van der Waals surface area contributed by atoms with Crippen molar-refractivity contribution >= 4 is 45.2 Å². The van der Waals surface area contributed by atoms with Crippen molar-refractivity contribution in [2.24, 2.45) is 0 Å². The van der Waals surface area contributed by atoms with E-state index in [1.165, 1.54) is 29.7 Å². The Morgan fingerprint density at radius 3 is 2.26 bits per heavy atom. The molecule has 1 aromatic heterocycles. The molecule has 0 spiro atoms. The fourth-order valence-corrected chi connectivity index (χ4v) is 6.68. The summed E-state index contributed by atoms with van der Waals surface area (Å²) in [5, 5.41) is 3.23. The first kappa shape index (κ1) is 32.1. The molecule has 3 aromatic carbocycles. The minimum atomic E-state index is -3.81. The molecule has 1 aliphatic carbocycles. The fraction of sp³-hybridized carbons (Fsp3) is 0.382. The van der Waals surface area contributed by atoms with Crippen molar-refractivity contribution in [3.05, 3.63) is 77.1 Å². The van der Waals surface area contributed by atoms with E-state index in [0.29, 0.717) is 39.1 Å². The number of benzene rings is 3. The van der Waals surface area contributed by atoms with Gasteiger partial charge in [0, 0.05) is 29.6 Å². The maximum atomic E-state index is 13.7. The van der Waals surface area contributed by atoms with Crippen LogP contribution in [0.5, 0.6) is 5.75 Å². The number of nitrogens with one attached hydrogen (secondary N) is 1. The van der Waals surface area contributed by atoms with E-state index in [-0.39, 0.29) is 24.1 Å². The number of rotatable bonds is 9. The first-order valence-electron chi connectivity index (χ1n) is 15.2. The van der Waals surface area contributed by atoms with Crippen LogP contribution >= 0.6 is 0 Å². The summed E-state index contributed by atoms with van der Waals surface area (Å²) in [6.45, 7) is 7.92. The third-order valence-electron chi connectivity index (χ3n) is 9.23. The Bertz CT molecular complexity index is 1920. The molecule has 46 heavy (non-hydrogen) atoms. The van der Waals surface area contributed by atoms with Crippen LogP contribution in [0.15, 0.2) is 59.0 Å². The van der Waals surface area contributed by atoms with Crippen molar-refractivity contribution in [1.29, 1.82) is 0 Å². The van der Waals surface area contributed by atoms with Crippen LogP contribution in [0.4, 0.5) is 10.1 Å². The molecule has 0 bridgehead atoms. The Hall–Kier alpha value is -3.87. The van der Waals surface area contributed by atoms with Crippen molar-refractivity contribution in [2.75, 3.05) is 24.7 Å². The van der Waals surface area contributed by atoms with Gasteiger partial charge in [0.05, 0.1) is 42.4 Å². The lowest BCUT2D eigenvalue weighted by Gasteiger charge is -2.32. The van der Waals surface area contributed by atoms with E-state index in [1.807, 2.05) is 52.0 Å². The second kappa shape index (κ2) is 11.4. The molecule has 0 atom stereocenters. The number of carbonyl (C=O) groups is 1. The molecule has 242 valence electrons. The largest absolute Gasteiger partial charge is 0.496 e. The zero-order valence-corrected chi connectivity index (χ0v) is 27.9. The molecule has 9 nitrogen and oxygen atoms in total.